The summed E-state index contributed by atoms with van der Waals surface area (Å²) in [7, 11) is 0. The van der Waals surface area contributed by atoms with E-state index < -0.39 is 0 Å². The van der Waals surface area contributed by atoms with E-state index in [1.54, 1.807) is 6.20 Å². The third-order valence-electron chi connectivity index (χ3n) is 29.2. The van der Waals surface area contributed by atoms with Crippen molar-refractivity contribution in [3.63, 3.8) is 0 Å². The molecule has 7 nitrogen and oxygen atoms in total. The summed E-state index contributed by atoms with van der Waals surface area (Å²) < 4.78 is 5.03. The number of aromatic nitrogens is 7. The zero-order chi connectivity index (χ0) is 90.5. The summed E-state index contributed by atoms with van der Waals surface area (Å²) in [6, 6.07) is 116. The minimum absolute atomic E-state index is 0. The third kappa shape index (κ3) is 18.9. The number of hydrogen-bond acceptors (Lipinski definition) is 4. The molecule has 6 aromatic heterocycles. The number of pyridine rings is 3. The van der Waals surface area contributed by atoms with Crippen LogP contribution in [0.2, 0.25) is 0 Å². The molecule has 6 heterocycles. The molecule has 0 amide bonds. The van der Waals surface area contributed by atoms with Gasteiger partial charge in [0.05, 0.1) is 27.8 Å². The zero-order valence-corrected chi connectivity index (χ0v) is 81.7. The minimum atomic E-state index is -0.0475. The molecule has 13 aromatic carbocycles. The van der Waals surface area contributed by atoms with Crippen molar-refractivity contribution in [3.05, 3.63) is 361 Å². The Kier molecular flexibility index (Phi) is 29.4. The van der Waals surface area contributed by atoms with E-state index in [2.05, 4.69) is 345 Å². The monoisotopic (exact) mass is 1930 g/mol. The van der Waals surface area contributed by atoms with Crippen molar-refractivity contribution in [2.45, 2.75) is 232 Å². The van der Waals surface area contributed by atoms with Gasteiger partial charge in [-0.05, 0) is 193 Å². The van der Waals surface area contributed by atoms with E-state index in [1.807, 2.05) is 42.5 Å². The molecular weight excluding hydrogens is 1800 g/mol. The van der Waals surface area contributed by atoms with Crippen LogP contribution < -0.4 is 4.98 Å². The molecule has 2 aliphatic rings. The Balaban J connectivity index is 0.000000153. The van der Waals surface area contributed by atoms with E-state index in [0.717, 1.165) is 39.2 Å². The standard InChI is InChI=1S/2C57H59N2.C12H8N3.Ir/c2*1-4-6-8-10-12-20-36-57(37-21-13-11-9-7-5-2)52-38-42(43-30-35-54(58-40-43)49-32-28-41(3)45-22-14-15-23-46(45)49)29-33-47(52)48-34-31-44(39-53(48)57)59-55-26-18-16-24-50(55)51-25-17-19-27-56(51)59;1-2-6-10-9(5-1)14-12(15-10)11-7-3-4-8-13-11;/h2*14-19,22-31,33-35,38-40H,4-13,20-21,36-37H2,1-3H3;1-8H;/q3*-1;+3. The molecule has 0 bridgehead atoms. The summed E-state index contributed by atoms with van der Waals surface area (Å²) in [6.45, 7) is 13.6. The van der Waals surface area contributed by atoms with Crippen molar-refractivity contribution in [3.8, 4) is 89.9 Å². The first-order valence-electron chi connectivity index (χ1n) is 50.3. The molecule has 8 heteroatoms. The van der Waals surface area contributed by atoms with Gasteiger partial charge < -0.3 is 29.1 Å². The fourth-order valence-electron chi connectivity index (χ4n) is 22.3. The molecule has 21 rings (SSSR count). The van der Waals surface area contributed by atoms with E-state index in [0.29, 0.717) is 5.82 Å². The van der Waals surface area contributed by atoms with Gasteiger partial charge >= 0.3 is 20.1 Å². The van der Waals surface area contributed by atoms with E-state index in [9.17, 15) is 0 Å². The Labute approximate surface area is 807 Å². The molecule has 0 saturated carbocycles. The Morgan fingerprint density at radius 3 is 0.985 bits per heavy atom. The smallest absolute Gasteiger partial charge is 0.434 e. The van der Waals surface area contributed by atoms with Crippen molar-refractivity contribution in [1.29, 1.82) is 0 Å². The fourth-order valence-corrected chi connectivity index (χ4v) is 22.3. The molecule has 0 saturated heterocycles. The maximum Gasteiger partial charge on any atom is 3.00 e. The molecule has 0 fully saturated rings. The molecule has 134 heavy (non-hydrogen) atoms. The Morgan fingerprint density at radius 2 is 0.619 bits per heavy atom. The summed E-state index contributed by atoms with van der Waals surface area (Å²) in [6.07, 6.45) is 42.0. The quantitative estimate of drug-likeness (QED) is 0.0292. The van der Waals surface area contributed by atoms with E-state index in [-0.39, 0.29) is 30.9 Å². The average molecular weight is 1930 g/mol. The molecule has 2 aliphatic carbocycles. The van der Waals surface area contributed by atoms with Crippen LogP contribution >= 0.6 is 0 Å². The second-order valence-electron chi connectivity index (χ2n) is 37.9. The summed E-state index contributed by atoms with van der Waals surface area (Å²) >= 11 is 0. The van der Waals surface area contributed by atoms with Gasteiger partial charge in [0.1, 0.15) is 0 Å². The van der Waals surface area contributed by atoms with Crippen LogP contribution in [0.1, 0.15) is 241 Å². The van der Waals surface area contributed by atoms with Gasteiger partial charge in [-0.25, -0.2) is 0 Å². The van der Waals surface area contributed by atoms with Gasteiger partial charge in [0.2, 0.25) is 0 Å². The van der Waals surface area contributed by atoms with Crippen LogP contribution in [-0.4, -0.2) is 29.1 Å². The number of unbranched alkanes of at least 4 members (excludes halogenated alkanes) is 20. The van der Waals surface area contributed by atoms with Gasteiger partial charge in [0.15, 0.2) is 0 Å². The van der Waals surface area contributed by atoms with Crippen LogP contribution in [0, 0.1) is 26.0 Å². The predicted octanol–water partition coefficient (Wildman–Crippen LogP) is 35.3. The molecule has 0 aliphatic heterocycles. The number of fused-ring (bicyclic) bond motifs is 15. The molecule has 0 N–H and O–H groups in total. The Hall–Kier alpha value is -12.5. The normalized spacial score (nSPS) is 12.7. The van der Waals surface area contributed by atoms with Crippen LogP contribution in [0.4, 0.5) is 0 Å². The second kappa shape index (κ2) is 42.8. The van der Waals surface area contributed by atoms with Crippen molar-refractivity contribution in [1.82, 2.24) is 34.1 Å². The van der Waals surface area contributed by atoms with Gasteiger partial charge in [0, 0.05) is 62.3 Å². The van der Waals surface area contributed by atoms with Gasteiger partial charge in [0.25, 0.3) is 0 Å². The summed E-state index contributed by atoms with van der Waals surface area (Å²) in [5.74, 6) is 0.691. The number of rotatable bonds is 35. The van der Waals surface area contributed by atoms with E-state index in [4.69, 9.17) is 9.97 Å². The topological polar surface area (TPSA) is 75.5 Å². The SMILES string of the molecule is CCCCCCCCC1(CCCCCCCC)c2cc(-c3ccc(-c4[c-]cc(C)c5ccccc45)nc3)ccc2-c2ccc(-n3c4ccccc4c4ccccc43)cc21.CCCCCCCCC1(CCCCCCCC)c2cc(-c3ccc(-c4[c-]cc(C)c5ccccc45)nc3)ccc2-c2ccc(-n3c4ccccc4c4ccccc43)cc21.[Ir+3].c1ccc(-c2nc3ccccc3[n-]2)nc1. The van der Waals surface area contributed by atoms with E-state index in [1.165, 1.54) is 334 Å². The second-order valence-corrected chi connectivity index (χ2v) is 37.9. The zero-order valence-electron chi connectivity index (χ0n) is 79.3. The van der Waals surface area contributed by atoms with Gasteiger partial charge in [-0.3, -0.25) is 4.98 Å². The number of aryl methyl sites for hydroxylation is 2. The number of benzene rings is 13. The maximum atomic E-state index is 5.10. The van der Waals surface area contributed by atoms with Gasteiger partial charge in [-0.1, -0.05) is 430 Å². The van der Waals surface area contributed by atoms with Crippen molar-refractivity contribution in [2.24, 2.45) is 0 Å². The van der Waals surface area contributed by atoms with Crippen LogP contribution in [0.5, 0.6) is 0 Å². The Bertz CT molecular complexity index is 6700. The summed E-state index contributed by atoms with van der Waals surface area (Å²) in [5.41, 5.74) is 33.4. The minimum Gasteiger partial charge on any atom is -0.434 e. The third-order valence-corrected chi connectivity index (χ3v) is 29.2. The van der Waals surface area contributed by atoms with Crippen molar-refractivity contribution < 1.29 is 20.1 Å². The van der Waals surface area contributed by atoms with Gasteiger partial charge in [-0.2, -0.15) is 0 Å². The maximum absolute atomic E-state index is 5.10. The van der Waals surface area contributed by atoms with E-state index >= 15 is 0 Å². The van der Waals surface area contributed by atoms with Crippen LogP contribution in [0.3, 0.4) is 0 Å². The first-order valence-corrected chi connectivity index (χ1v) is 50.3. The first kappa shape index (κ1) is 92.0. The first-order chi connectivity index (χ1) is 65.6. The average Bonchev–Trinajstić information content (AvgIpc) is 1.56. The largest absolute Gasteiger partial charge is 3.00 e. The number of hydrogen-bond donors (Lipinski definition) is 0. The van der Waals surface area contributed by atoms with Crippen LogP contribution in [0.25, 0.3) is 166 Å². The fraction of sp³-hybridized carbons (Fsp3) is 0.286. The summed E-state index contributed by atoms with van der Waals surface area (Å²) in [4.78, 5) is 23.2. The number of nitrogens with zero attached hydrogens (tertiary/aromatic N) is 7. The molecular formula is C126H126IrN7. The number of imidazole rings is 1. The molecule has 19 aromatic rings. The van der Waals surface area contributed by atoms with Gasteiger partial charge in [-0.15, -0.1) is 46.5 Å². The van der Waals surface area contributed by atoms with Crippen molar-refractivity contribution >= 4 is 76.2 Å². The van der Waals surface area contributed by atoms with Crippen molar-refractivity contribution in [2.75, 3.05) is 0 Å². The molecule has 674 valence electrons. The van der Waals surface area contributed by atoms with Crippen LogP contribution in [-0.2, 0) is 30.9 Å². The number of para-hydroxylation sites is 6. The molecule has 0 spiro atoms. The predicted molar refractivity (Wildman–Crippen MR) is 564 cm³/mol. The Morgan fingerprint density at radius 1 is 0.291 bits per heavy atom. The van der Waals surface area contributed by atoms with Crippen LogP contribution in [0.15, 0.2) is 316 Å². The summed E-state index contributed by atoms with van der Waals surface area (Å²) in [5, 5.41) is 10.2. The molecule has 0 radical (unpaired) electrons. The molecule has 0 unspecified atom stereocenters. The molecule has 0 atom stereocenters.